The van der Waals surface area contributed by atoms with E-state index < -0.39 is 0 Å². The zero-order valence-electron chi connectivity index (χ0n) is 13.3. The van der Waals surface area contributed by atoms with E-state index in [0.717, 1.165) is 5.56 Å². The molecule has 1 N–H and O–H groups in total. The Balaban J connectivity index is 1.90. The van der Waals surface area contributed by atoms with Gasteiger partial charge in [-0.1, -0.05) is 41.4 Å². The Kier molecular flexibility index (Phi) is 5.91. The van der Waals surface area contributed by atoms with Crippen LogP contribution in [-0.2, 0) is 4.79 Å². The molecule has 5 heteroatoms. The second-order valence-electron chi connectivity index (χ2n) is 5.50. The molecular weight excluding hydrogens is 333 g/mol. The number of ether oxygens (including phenoxy) is 1. The van der Waals surface area contributed by atoms with Gasteiger partial charge in [0.2, 0.25) is 0 Å². The Hall–Kier alpha value is -1.71. The second kappa shape index (κ2) is 7.71. The number of aryl methyl sites for hydroxylation is 2. The lowest BCUT2D eigenvalue weighted by Gasteiger charge is -2.16. The van der Waals surface area contributed by atoms with Gasteiger partial charge in [0.15, 0.2) is 6.61 Å². The Labute approximate surface area is 146 Å². The van der Waals surface area contributed by atoms with E-state index in [1.165, 1.54) is 11.1 Å². The van der Waals surface area contributed by atoms with E-state index in [4.69, 9.17) is 27.9 Å². The van der Waals surface area contributed by atoms with Crippen molar-refractivity contribution in [1.82, 2.24) is 5.32 Å². The summed E-state index contributed by atoms with van der Waals surface area (Å²) in [4.78, 5) is 12.0. The minimum atomic E-state index is -0.193. The van der Waals surface area contributed by atoms with Crippen molar-refractivity contribution in [3.8, 4) is 5.75 Å². The molecule has 0 spiro atoms. The molecule has 0 aliphatic heterocycles. The molecule has 0 aliphatic carbocycles. The van der Waals surface area contributed by atoms with Crippen molar-refractivity contribution in [2.24, 2.45) is 0 Å². The molecule has 0 heterocycles. The maximum atomic E-state index is 12.0. The summed E-state index contributed by atoms with van der Waals surface area (Å²) in [5.41, 5.74) is 3.50. The topological polar surface area (TPSA) is 38.3 Å². The molecule has 1 atom stereocenters. The average Bonchev–Trinajstić information content (AvgIpc) is 2.51. The average molecular weight is 352 g/mol. The van der Waals surface area contributed by atoms with Crippen molar-refractivity contribution < 1.29 is 9.53 Å². The van der Waals surface area contributed by atoms with Crippen molar-refractivity contribution >= 4 is 29.1 Å². The zero-order valence-corrected chi connectivity index (χ0v) is 14.8. The Morgan fingerprint density at radius 2 is 1.83 bits per heavy atom. The molecule has 0 aliphatic rings. The van der Waals surface area contributed by atoms with Gasteiger partial charge in [0.25, 0.3) is 5.91 Å². The molecule has 0 bridgehead atoms. The van der Waals surface area contributed by atoms with Crippen LogP contribution >= 0.6 is 23.2 Å². The van der Waals surface area contributed by atoms with Gasteiger partial charge < -0.3 is 10.1 Å². The van der Waals surface area contributed by atoms with Crippen LogP contribution in [0.3, 0.4) is 0 Å². The third-order valence-corrected chi connectivity index (χ3v) is 4.41. The van der Waals surface area contributed by atoms with Gasteiger partial charge in [0.1, 0.15) is 5.75 Å². The maximum absolute atomic E-state index is 12.0. The minimum absolute atomic E-state index is 0.0762. The van der Waals surface area contributed by atoms with Gasteiger partial charge in [-0.05, 0) is 49.6 Å². The molecule has 3 nitrogen and oxygen atoms in total. The fourth-order valence-corrected chi connectivity index (χ4v) is 2.40. The number of rotatable bonds is 5. The maximum Gasteiger partial charge on any atom is 0.258 e. The molecule has 0 fully saturated rings. The lowest BCUT2D eigenvalue weighted by atomic mass is 10.0. The van der Waals surface area contributed by atoms with E-state index in [1.807, 2.05) is 13.0 Å². The third-order valence-electron chi connectivity index (χ3n) is 3.67. The number of amides is 1. The fraction of sp³-hybridized carbons (Fsp3) is 0.278. The Bertz CT molecular complexity index is 716. The van der Waals surface area contributed by atoms with E-state index in [0.29, 0.717) is 15.8 Å². The molecule has 2 aromatic rings. The van der Waals surface area contributed by atoms with E-state index in [9.17, 15) is 4.79 Å². The molecule has 0 saturated heterocycles. The molecule has 0 aromatic heterocycles. The molecular formula is C18H19Cl2NO2. The highest BCUT2D eigenvalue weighted by Crippen LogP contribution is 2.26. The summed E-state index contributed by atoms with van der Waals surface area (Å²) in [6, 6.07) is 11.0. The van der Waals surface area contributed by atoms with Gasteiger partial charge in [-0.2, -0.15) is 0 Å². The van der Waals surface area contributed by atoms with Gasteiger partial charge in [0, 0.05) is 6.07 Å². The first-order valence-electron chi connectivity index (χ1n) is 7.31. The number of halogens is 2. The van der Waals surface area contributed by atoms with Gasteiger partial charge in [-0.25, -0.2) is 0 Å². The van der Waals surface area contributed by atoms with E-state index in [-0.39, 0.29) is 18.6 Å². The van der Waals surface area contributed by atoms with Crippen molar-refractivity contribution in [3.05, 3.63) is 63.1 Å². The molecule has 0 unspecified atom stereocenters. The van der Waals surface area contributed by atoms with Gasteiger partial charge in [0.05, 0.1) is 16.1 Å². The molecule has 0 saturated carbocycles. The second-order valence-corrected chi connectivity index (χ2v) is 6.31. The first-order valence-corrected chi connectivity index (χ1v) is 8.07. The van der Waals surface area contributed by atoms with Crippen molar-refractivity contribution in [3.63, 3.8) is 0 Å². The monoisotopic (exact) mass is 351 g/mol. The van der Waals surface area contributed by atoms with Gasteiger partial charge in [-0.3, -0.25) is 4.79 Å². The highest BCUT2D eigenvalue weighted by Gasteiger charge is 2.11. The highest BCUT2D eigenvalue weighted by molar-refractivity contribution is 6.42. The first-order chi connectivity index (χ1) is 10.9. The van der Waals surface area contributed by atoms with Crippen LogP contribution in [0.2, 0.25) is 10.0 Å². The Morgan fingerprint density at radius 1 is 1.09 bits per heavy atom. The lowest BCUT2D eigenvalue weighted by molar-refractivity contribution is -0.123. The summed E-state index contributed by atoms with van der Waals surface area (Å²) in [5.74, 6) is 0.315. The predicted molar refractivity (Wildman–Crippen MR) is 94.4 cm³/mol. The van der Waals surface area contributed by atoms with Crippen LogP contribution < -0.4 is 10.1 Å². The van der Waals surface area contributed by atoms with E-state index in [2.05, 4.69) is 31.3 Å². The van der Waals surface area contributed by atoms with Crippen molar-refractivity contribution in [2.45, 2.75) is 26.8 Å². The first kappa shape index (κ1) is 17.6. The number of hydrogen-bond acceptors (Lipinski definition) is 2. The highest BCUT2D eigenvalue weighted by atomic mass is 35.5. The zero-order chi connectivity index (χ0) is 17.0. The van der Waals surface area contributed by atoms with Crippen LogP contribution in [0.25, 0.3) is 0 Å². The third kappa shape index (κ3) is 4.88. The van der Waals surface area contributed by atoms with Crippen LogP contribution in [-0.4, -0.2) is 12.5 Å². The van der Waals surface area contributed by atoms with E-state index >= 15 is 0 Å². The standard InChI is InChI=1S/C18H19Cl2NO2/c1-11-4-5-14(8-12(11)2)13(3)21-18(22)10-23-15-6-7-16(19)17(20)9-15/h4-9,13H,10H2,1-3H3,(H,21,22)/t13-/m1/s1. The number of carbonyl (C=O) groups is 1. The molecule has 23 heavy (non-hydrogen) atoms. The van der Waals surface area contributed by atoms with Crippen molar-refractivity contribution in [1.29, 1.82) is 0 Å². The SMILES string of the molecule is Cc1ccc([C@@H](C)NC(=O)COc2ccc(Cl)c(Cl)c2)cc1C. The van der Waals surface area contributed by atoms with Gasteiger partial charge in [-0.15, -0.1) is 0 Å². The van der Waals surface area contributed by atoms with Crippen molar-refractivity contribution in [2.75, 3.05) is 6.61 Å². The van der Waals surface area contributed by atoms with Crippen LogP contribution in [0.5, 0.6) is 5.75 Å². The Morgan fingerprint density at radius 3 is 2.48 bits per heavy atom. The quantitative estimate of drug-likeness (QED) is 0.834. The summed E-state index contributed by atoms with van der Waals surface area (Å²) in [6.45, 7) is 5.99. The largest absolute Gasteiger partial charge is 0.484 e. The number of carbonyl (C=O) groups excluding carboxylic acids is 1. The van der Waals surface area contributed by atoms with Crippen LogP contribution in [0, 0.1) is 13.8 Å². The number of benzene rings is 2. The molecule has 2 rings (SSSR count). The smallest absolute Gasteiger partial charge is 0.258 e. The van der Waals surface area contributed by atoms with Crippen LogP contribution in [0.15, 0.2) is 36.4 Å². The summed E-state index contributed by atoms with van der Waals surface area (Å²) in [5, 5.41) is 3.76. The lowest BCUT2D eigenvalue weighted by Crippen LogP contribution is -2.31. The summed E-state index contributed by atoms with van der Waals surface area (Å²) in [6.07, 6.45) is 0. The molecule has 122 valence electrons. The number of nitrogens with one attached hydrogen (secondary N) is 1. The molecule has 1 amide bonds. The normalized spacial score (nSPS) is 11.9. The molecule has 2 aromatic carbocycles. The fourth-order valence-electron chi connectivity index (χ4n) is 2.12. The van der Waals surface area contributed by atoms with Gasteiger partial charge >= 0.3 is 0 Å². The van der Waals surface area contributed by atoms with E-state index in [1.54, 1.807) is 18.2 Å². The summed E-state index contributed by atoms with van der Waals surface area (Å²) < 4.78 is 5.43. The van der Waals surface area contributed by atoms with Crippen LogP contribution in [0.4, 0.5) is 0 Å². The number of hydrogen-bond donors (Lipinski definition) is 1. The molecule has 0 radical (unpaired) electrons. The minimum Gasteiger partial charge on any atom is -0.484 e. The van der Waals surface area contributed by atoms with Crippen LogP contribution in [0.1, 0.15) is 29.7 Å². The summed E-state index contributed by atoms with van der Waals surface area (Å²) in [7, 11) is 0. The summed E-state index contributed by atoms with van der Waals surface area (Å²) >= 11 is 11.7. The predicted octanol–water partition coefficient (Wildman–Crippen LogP) is 4.87.